The largest absolute Gasteiger partial charge is 0.374 e. The summed E-state index contributed by atoms with van der Waals surface area (Å²) in [4.78, 5) is 0.297. The molecule has 1 saturated heterocycles. The van der Waals surface area contributed by atoms with E-state index in [4.69, 9.17) is 14.2 Å². The molecule has 1 N–H and O–H groups in total. The predicted molar refractivity (Wildman–Crippen MR) is 160 cm³/mol. The van der Waals surface area contributed by atoms with Crippen molar-refractivity contribution < 1.29 is 22.6 Å². The number of ether oxygens (including phenoxy) is 3. The first-order valence-electron chi connectivity index (χ1n) is 14.0. The maximum Gasteiger partial charge on any atom is 0.185 e. The molecule has 214 valence electrons. The van der Waals surface area contributed by atoms with Gasteiger partial charge in [-0.05, 0) is 35.7 Å². The molecule has 0 spiro atoms. The van der Waals surface area contributed by atoms with Gasteiger partial charge in [-0.15, -0.1) is 0 Å². The van der Waals surface area contributed by atoms with Crippen LogP contribution in [0.15, 0.2) is 120 Å². The molecule has 5 rings (SSSR count). The van der Waals surface area contributed by atoms with Gasteiger partial charge in [0.05, 0.1) is 49.6 Å². The fourth-order valence-corrected chi connectivity index (χ4v) is 6.91. The number of hydrogen-bond acceptors (Lipinski definition) is 6. The summed E-state index contributed by atoms with van der Waals surface area (Å²) >= 11 is 0. The SMILES string of the molecule is Cc1ccc(S(=O)(=O)[C@@H]2CN[C@@H](C(COCc3ccccc3)OCc3ccccc3)[C@H]2OCc2ccccc2)cc1. The lowest BCUT2D eigenvalue weighted by molar-refractivity contribution is -0.0759. The molecule has 4 aromatic carbocycles. The lowest BCUT2D eigenvalue weighted by Crippen LogP contribution is -2.48. The highest BCUT2D eigenvalue weighted by atomic mass is 32.2. The number of sulfone groups is 1. The van der Waals surface area contributed by atoms with E-state index in [1.54, 1.807) is 12.1 Å². The molecule has 0 amide bonds. The van der Waals surface area contributed by atoms with Crippen LogP contribution in [0.25, 0.3) is 0 Å². The Bertz CT molecular complexity index is 1450. The topological polar surface area (TPSA) is 73.9 Å². The van der Waals surface area contributed by atoms with Gasteiger partial charge >= 0.3 is 0 Å². The fourth-order valence-electron chi connectivity index (χ4n) is 5.13. The Morgan fingerprint density at radius 1 is 0.732 bits per heavy atom. The molecule has 41 heavy (non-hydrogen) atoms. The lowest BCUT2D eigenvalue weighted by Gasteiger charge is -2.31. The van der Waals surface area contributed by atoms with E-state index in [0.717, 1.165) is 22.3 Å². The lowest BCUT2D eigenvalue weighted by atomic mass is 10.1. The number of benzene rings is 4. The van der Waals surface area contributed by atoms with E-state index >= 15 is 0 Å². The van der Waals surface area contributed by atoms with Crippen molar-refractivity contribution >= 4 is 9.84 Å². The van der Waals surface area contributed by atoms with Crippen molar-refractivity contribution in [1.82, 2.24) is 5.32 Å². The average molecular weight is 572 g/mol. The van der Waals surface area contributed by atoms with Crippen LogP contribution in [0.1, 0.15) is 22.3 Å². The summed E-state index contributed by atoms with van der Waals surface area (Å²) in [6, 6.07) is 36.3. The van der Waals surface area contributed by atoms with Crippen molar-refractivity contribution in [3.8, 4) is 0 Å². The van der Waals surface area contributed by atoms with Gasteiger partial charge in [-0.2, -0.15) is 0 Å². The molecular weight excluding hydrogens is 534 g/mol. The number of aryl methyl sites for hydroxylation is 1. The third kappa shape index (κ3) is 7.70. The minimum Gasteiger partial charge on any atom is -0.374 e. The van der Waals surface area contributed by atoms with Crippen LogP contribution in [-0.4, -0.2) is 45.1 Å². The summed E-state index contributed by atoms with van der Waals surface area (Å²) in [6.45, 7) is 3.57. The summed E-state index contributed by atoms with van der Waals surface area (Å²) < 4.78 is 46.9. The van der Waals surface area contributed by atoms with Gasteiger partial charge in [-0.25, -0.2) is 8.42 Å². The first kappa shape index (κ1) is 29.2. The van der Waals surface area contributed by atoms with Gasteiger partial charge in [0.2, 0.25) is 0 Å². The minimum absolute atomic E-state index is 0.254. The number of nitrogens with one attached hydrogen (secondary N) is 1. The molecule has 7 heteroatoms. The van der Waals surface area contributed by atoms with Crippen molar-refractivity contribution in [3.63, 3.8) is 0 Å². The van der Waals surface area contributed by atoms with Gasteiger partial charge < -0.3 is 19.5 Å². The van der Waals surface area contributed by atoms with Crippen molar-refractivity contribution in [2.45, 2.75) is 55.1 Å². The van der Waals surface area contributed by atoms with Gasteiger partial charge in [-0.1, -0.05) is 109 Å². The van der Waals surface area contributed by atoms with Crippen molar-refractivity contribution in [3.05, 3.63) is 138 Å². The highest BCUT2D eigenvalue weighted by Gasteiger charge is 2.48. The van der Waals surface area contributed by atoms with Gasteiger partial charge in [0.15, 0.2) is 9.84 Å². The van der Waals surface area contributed by atoms with Gasteiger partial charge in [0.25, 0.3) is 0 Å². The highest BCUT2D eigenvalue weighted by Crippen LogP contribution is 2.29. The molecule has 1 fully saturated rings. The van der Waals surface area contributed by atoms with Crippen LogP contribution in [0.3, 0.4) is 0 Å². The van der Waals surface area contributed by atoms with Crippen LogP contribution in [0.5, 0.6) is 0 Å². The third-order valence-corrected chi connectivity index (χ3v) is 9.57. The van der Waals surface area contributed by atoms with E-state index < -0.39 is 33.3 Å². The van der Waals surface area contributed by atoms with Crippen LogP contribution in [-0.2, 0) is 43.9 Å². The second kappa shape index (κ2) is 14.0. The highest BCUT2D eigenvalue weighted by molar-refractivity contribution is 7.92. The second-order valence-electron chi connectivity index (χ2n) is 10.4. The van der Waals surface area contributed by atoms with E-state index in [1.165, 1.54) is 0 Å². The molecule has 1 unspecified atom stereocenters. The maximum atomic E-state index is 13.9. The monoisotopic (exact) mass is 571 g/mol. The Hall–Kier alpha value is -3.33. The second-order valence-corrected chi connectivity index (χ2v) is 12.6. The number of hydrogen-bond donors (Lipinski definition) is 1. The summed E-state index contributed by atoms with van der Waals surface area (Å²) in [6.07, 6.45) is -1.10. The van der Waals surface area contributed by atoms with Crippen LogP contribution >= 0.6 is 0 Å². The maximum absolute atomic E-state index is 13.9. The Labute approximate surface area is 243 Å². The zero-order valence-corrected chi connectivity index (χ0v) is 24.1. The van der Waals surface area contributed by atoms with Crippen LogP contribution in [0, 0.1) is 6.92 Å². The smallest absolute Gasteiger partial charge is 0.185 e. The standard InChI is InChI=1S/C34H37NO5S/c1-26-17-19-30(20-18-26)41(36,37)32-21-35-33(34(32)40-24-29-15-9-4-10-16-29)31(39-23-28-13-7-3-8-14-28)25-38-22-27-11-5-2-6-12-27/h2-20,31-35H,21-25H2,1H3/t31?,32-,33+,34+/m1/s1. The molecule has 4 aromatic rings. The van der Waals surface area contributed by atoms with Crippen molar-refractivity contribution in [2.24, 2.45) is 0 Å². The van der Waals surface area contributed by atoms with E-state index in [9.17, 15) is 8.42 Å². The molecule has 0 saturated carbocycles. The zero-order chi connectivity index (χ0) is 28.5. The van der Waals surface area contributed by atoms with E-state index in [0.29, 0.717) is 24.7 Å². The third-order valence-electron chi connectivity index (χ3n) is 7.41. The van der Waals surface area contributed by atoms with E-state index in [1.807, 2.05) is 110 Å². The Balaban J connectivity index is 1.40. The molecular formula is C34H37NO5S. The summed E-state index contributed by atoms with van der Waals surface area (Å²) in [5.41, 5.74) is 4.08. The molecule has 1 aliphatic heterocycles. The van der Waals surface area contributed by atoms with E-state index in [2.05, 4.69) is 5.32 Å². The first-order valence-corrected chi connectivity index (χ1v) is 15.5. The Morgan fingerprint density at radius 3 is 1.85 bits per heavy atom. The zero-order valence-electron chi connectivity index (χ0n) is 23.3. The minimum atomic E-state index is -3.69. The van der Waals surface area contributed by atoms with Crippen LogP contribution in [0.2, 0.25) is 0 Å². The molecule has 6 nitrogen and oxygen atoms in total. The average Bonchev–Trinajstić information content (AvgIpc) is 3.44. The molecule has 4 atom stereocenters. The van der Waals surface area contributed by atoms with Gasteiger partial charge in [0, 0.05) is 6.54 Å². The predicted octanol–water partition coefficient (Wildman–Crippen LogP) is 5.50. The van der Waals surface area contributed by atoms with Crippen molar-refractivity contribution in [2.75, 3.05) is 13.2 Å². The van der Waals surface area contributed by atoms with Crippen LogP contribution < -0.4 is 5.32 Å². The molecule has 1 heterocycles. The van der Waals surface area contributed by atoms with E-state index in [-0.39, 0.29) is 13.2 Å². The molecule has 0 aromatic heterocycles. The fraction of sp³-hybridized carbons (Fsp3) is 0.294. The van der Waals surface area contributed by atoms with Crippen LogP contribution in [0.4, 0.5) is 0 Å². The summed E-state index contributed by atoms with van der Waals surface area (Å²) in [5, 5.41) is 2.67. The van der Waals surface area contributed by atoms with Crippen molar-refractivity contribution in [1.29, 1.82) is 0 Å². The summed E-state index contributed by atoms with van der Waals surface area (Å²) in [5.74, 6) is 0. The quantitative estimate of drug-likeness (QED) is 0.229. The normalized spacial score (nSPS) is 19.7. The summed E-state index contributed by atoms with van der Waals surface area (Å²) in [7, 11) is -3.69. The molecule has 0 aliphatic carbocycles. The Morgan fingerprint density at radius 2 is 1.27 bits per heavy atom. The first-order chi connectivity index (χ1) is 20.0. The van der Waals surface area contributed by atoms with Gasteiger partial charge in [-0.3, -0.25) is 0 Å². The molecule has 0 bridgehead atoms. The van der Waals surface area contributed by atoms with Gasteiger partial charge in [0.1, 0.15) is 5.25 Å². The molecule has 0 radical (unpaired) electrons. The Kier molecular flexibility index (Phi) is 9.98. The molecule has 1 aliphatic rings. The number of rotatable bonds is 13.